The first-order valence-electron chi connectivity index (χ1n) is 16.5. The number of carbonyl (C=O) groups is 2. The molecule has 2 N–H and O–H groups in total. The monoisotopic (exact) mass is 566 g/mol. The molecule has 4 fully saturated rings. The van der Waals surface area contributed by atoms with Crippen molar-refractivity contribution in [1.29, 1.82) is 0 Å². The molecule has 226 valence electrons. The Morgan fingerprint density at radius 2 is 1.68 bits per heavy atom. The van der Waals surface area contributed by atoms with Gasteiger partial charge in [-0.1, -0.05) is 58.3 Å². The average Bonchev–Trinajstić information content (AvgIpc) is 3.39. The third kappa shape index (κ3) is 4.43. The Morgan fingerprint density at radius 3 is 2.37 bits per heavy atom. The van der Waals surface area contributed by atoms with Gasteiger partial charge in [0.05, 0.1) is 22.5 Å². The van der Waals surface area contributed by atoms with Crippen LogP contribution in [0.4, 0.5) is 0 Å². The fourth-order valence-electron chi connectivity index (χ4n) is 10.7. The number of aliphatic hydroxyl groups excluding tert-OH is 1. The van der Waals surface area contributed by atoms with Gasteiger partial charge in [-0.15, -0.1) is 5.92 Å². The Hall–Kier alpha value is -1.84. The van der Waals surface area contributed by atoms with E-state index in [9.17, 15) is 19.8 Å². The summed E-state index contributed by atoms with van der Waals surface area (Å²) < 4.78 is 11.9. The van der Waals surface area contributed by atoms with Crippen molar-refractivity contribution in [2.24, 2.45) is 33.5 Å². The lowest BCUT2D eigenvalue weighted by Gasteiger charge is -2.70. The van der Waals surface area contributed by atoms with Gasteiger partial charge in [-0.05, 0) is 75.2 Å². The first-order valence-corrected chi connectivity index (χ1v) is 16.5. The lowest BCUT2D eigenvalue weighted by Crippen LogP contribution is -2.75. The summed E-state index contributed by atoms with van der Waals surface area (Å²) in [5, 5.41) is 25.3. The van der Waals surface area contributed by atoms with E-state index in [1.165, 1.54) is 19.3 Å². The van der Waals surface area contributed by atoms with E-state index in [1.807, 2.05) is 6.92 Å². The maximum Gasteiger partial charge on any atom is 0.331 e. The first-order chi connectivity index (χ1) is 19.5. The van der Waals surface area contributed by atoms with E-state index in [0.717, 1.165) is 56.9 Å². The third-order valence-corrected chi connectivity index (χ3v) is 13.2. The number of hydrogen-bond acceptors (Lipinski definition) is 6. The molecule has 4 aliphatic carbocycles. The summed E-state index contributed by atoms with van der Waals surface area (Å²) in [6.07, 6.45) is 14.4. The molecule has 7 atom stereocenters. The van der Waals surface area contributed by atoms with Gasteiger partial charge in [-0.2, -0.15) is 0 Å². The summed E-state index contributed by atoms with van der Waals surface area (Å²) in [4.78, 5) is 26.0. The molecule has 0 aromatic carbocycles. The van der Waals surface area contributed by atoms with Gasteiger partial charge < -0.3 is 19.7 Å². The molecule has 7 unspecified atom stereocenters. The number of rotatable bonds is 4. The summed E-state index contributed by atoms with van der Waals surface area (Å²) >= 11 is 0. The highest BCUT2D eigenvalue weighted by molar-refractivity contribution is 5.85. The Balaban J connectivity index is 1.49. The normalized spacial score (nSPS) is 44.3. The second-order valence-corrected chi connectivity index (χ2v) is 15.2. The van der Waals surface area contributed by atoms with Crippen molar-refractivity contribution in [3.63, 3.8) is 0 Å². The first kappa shape index (κ1) is 29.2. The number of ether oxygens (including phenoxy) is 2. The minimum absolute atomic E-state index is 0.105. The highest BCUT2D eigenvalue weighted by Gasteiger charge is 2.74. The molecule has 41 heavy (non-hydrogen) atoms. The minimum atomic E-state index is -1.35. The van der Waals surface area contributed by atoms with Gasteiger partial charge in [-0.3, -0.25) is 4.79 Å². The highest BCUT2D eigenvalue weighted by atomic mass is 16.5. The Kier molecular flexibility index (Phi) is 7.42. The zero-order valence-electron chi connectivity index (χ0n) is 25.4. The van der Waals surface area contributed by atoms with E-state index >= 15 is 0 Å². The van der Waals surface area contributed by atoms with Gasteiger partial charge in [0.25, 0.3) is 0 Å². The van der Waals surface area contributed by atoms with E-state index < -0.39 is 34.1 Å². The molecule has 0 radical (unpaired) electrons. The molecule has 0 saturated heterocycles. The van der Waals surface area contributed by atoms with Crippen LogP contribution in [-0.4, -0.2) is 46.6 Å². The Morgan fingerprint density at radius 1 is 0.976 bits per heavy atom. The third-order valence-electron chi connectivity index (χ3n) is 13.2. The van der Waals surface area contributed by atoms with Crippen molar-refractivity contribution in [2.75, 3.05) is 6.61 Å². The van der Waals surface area contributed by atoms with Crippen molar-refractivity contribution in [3.05, 3.63) is 11.6 Å². The van der Waals surface area contributed by atoms with Crippen LogP contribution in [0, 0.1) is 45.3 Å². The van der Waals surface area contributed by atoms with Crippen LogP contribution in [0.1, 0.15) is 124 Å². The fourth-order valence-corrected chi connectivity index (χ4v) is 10.7. The molecule has 6 heteroatoms. The van der Waals surface area contributed by atoms with Gasteiger partial charge in [0.2, 0.25) is 0 Å². The second kappa shape index (κ2) is 10.4. The zero-order chi connectivity index (χ0) is 29.1. The molecule has 2 aliphatic heterocycles. The van der Waals surface area contributed by atoms with E-state index in [0.29, 0.717) is 38.0 Å². The molecule has 6 aliphatic rings. The van der Waals surface area contributed by atoms with Gasteiger partial charge in [-0.25, -0.2) is 4.79 Å². The number of fused-ring (bicyclic) bond motifs is 4. The quantitative estimate of drug-likeness (QED) is 0.319. The number of aliphatic hydroxyl groups is 2. The zero-order valence-corrected chi connectivity index (χ0v) is 25.4. The average molecular weight is 567 g/mol. The molecule has 2 bridgehead atoms. The molecule has 0 aromatic heterocycles. The lowest BCUT2D eigenvalue weighted by molar-refractivity contribution is -0.306. The Labute approximate surface area is 246 Å². The summed E-state index contributed by atoms with van der Waals surface area (Å²) in [5.41, 5.74) is -3.07. The van der Waals surface area contributed by atoms with Crippen molar-refractivity contribution in [1.82, 2.24) is 0 Å². The van der Waals surface area contributed by atoms with Gasteiger partial charge in [0.1, 0.15) is 12.7 Å². The van der Waals surface area contributed by atoms with Gasteiger partial charge in [0.15, 0.2) is 0 Å². The van der Waals surface area contributed by atoms with E-state index in [2.05, 4.69) is 25.7 Å². The topological polar surface area (TPSA) is 93.1 Å². The van der Waals surface area contributed by atoms with Crippen LogP contribution in [0.5, 0.6) is 0 Å². The highest BCUT2D eigenvalue weighted by Crippen LogP contribution is 2.70. The van der Waals surface area contributed by atoms with Crippen LogP contribution in [0.2, 0.25) is 0 Å². The molecule has 6 nitrogen and oxygen atoms in total. The minimum Gasteiger partial charge on any atom is -0.462 e. The number of hydrogen-bond donors (Lipinski definition) is 2. The molecule has 6 rings (SSSR count). The molecular weight excluding hydrogens is 516 g/mol. The summed E-state index contributed by atoms with van der Waals surface area (Å²) in [5.74, 6) is 6.82. The van der Waals surface area contributed by atoms with Gasteiger partial charge in [0, 0.05) is 30.3 Å². The van der Waals surface area contributed by atoms with Crippen LogP contribution >= 0.6 is 0 Å². The molecule has 4 saturated carbocycles. The summed E-state index contributed by atoms with van der Waals surface area (Å²) in [6.45, 7) is 6.73. The fraction of sp³-hybridized carbons (Fsp3) is 0.829. The van der Waals surface area contributed by atoms with Gasteiger partial charge >= 0.3 is 11.9 Å². The maximum atomic E-state index is 14.2. The maximum absolute atomic E-state index is 14.2. The molecule has 1 spiro atoms. The van der Waals surface area contributed by atoms with Crippen LogP contribution in [-0.2, 0) is 19.1 Å². The summed E-state index contributed by atoms with van der Waals surface area (Å²) in [7, 11) is 0. The van der Waals surface area contributed by atoms with Crippen molar-refractivity contribution in [3.8, 4) is 11.8 Å². The largest absolute Gasteiger partial charge is 0.462 e. The van der Waals surface area contributed by atoms with Crippen LogP contribution < -0.4 is 0 Å². The molecular formula is C35H50O6. The number of esters is 2. The van der Waals surface area contributed by atoms with Crippen molar-refractivity contribution < 1.29 is 29.3 Å². The second-order valence-electron chi connectivity index (χ2n) is 15.2. The Bertz CT molecular complexity index is 1150. The lowest BCUT2D eigenvalue weighted by atomic mass is 9.37. The number of carbonyl (C=O) groups excluding carboxylic acids is 2. The van der Waals surface area contributed by atoms with E-state index in [1.54, 1.807) is 6.08 Å². The van der Waals surface area contributed by atoms with Crippen LogP contribution in [0.15, 0.2) is 11.6 Å². The molecule has 0 aromatic rings. The van der Waals surface area contributed by atoms with Crippen LogP contribution in [0.25, 0.3) is 0 Å². The van der Waals surface area contributed by atoms with Crippen molar-refractivity contribution >= 4 is 11.9 Å². The van der Waals surface area contributed by atoms with E-state index in [-0.39, 0.29) is 29.9 Å². The molecule has 2 heterocycles. The smallest absolute Gasteiger partial charge is 0.331 e. The summed E-state index contributed by atoms with van der Waals surface area (Å²) in [6, 6.07) is 0. The predicted octanol–water partition coefficient (Wildman–Crippen LogP) is 6.02. The van der Waals surface area contributed by atoms with E-state index in [4.69, 9.17) is 9.47 Å². The SMILES string of the molecule is CC1(C2CCCCC2)CCC(O)C2(C)C1C1CC(C)(C#CCC3(CCCCC3)C(=O)O1)C2(O)CCC1=CC(=O)OC1. The standard InChI is InChI=1S/C35H50O6/c1-31-15-10-18-34(16-8-5-9-17-34)30(38)41-26(22-31)29-32(2,25-11-6-4-7-12-25)19-14-27(36)33(29,3)35(31,39)20-13-24-21-28(37)40-23-24/h21,25-27,29,36,39H,4-9,11-14,16-20,22-23H2,1-3H3. The number of cyclic esters (lactones) is 1. The molecule has 0 amide bonds. The van der Waals surface area contributed by atoms with Crippen molar-refractivity contribution in [2.45, 2.75) is 141 Å². The van der Waals surface area contributed by atoms with Crippen LogP contribution in [0.3, 0.4) is 0 Å². The predicted molar refractivity (Wildman–Crippen MR) is 155 cm³/mol.